The first-order valence-corrected chi connectivity index (χ1v) is 8.46. The Labute approximate surface area is 126 Å². The molecule has 1 fully saturated rings. The molecule has 1 N–H and O–H groups in total. The Morgan fingerprint density at radius 3 is 2.95 bits per heavy atom. The lowest BCUT2D eigenvalue weighted by atomic mass is 10.2. The van der Waals surface area contributed by atoms with E-state index in [0.29, 0.717) is 13.2 Å². The van der Waals surface area contributed by atoms with Crippen LogP contribution in [0.25, 0.3) is 0 Å². The summed E-state index contributed by atoms with van der Waals surface area (Å²) in [7, 11) is 0. The number of rotatable bonds is 7. The van der Waals surface area contributed by atoms with Gasteiger partial charge in [-0.3, -0.25) is 4.90 Å². The van der Waals surface area contributed by atoms with Crippen LogP contribution in [0.1, 0.15) is 18.9 Å². The average Bonchev–Trinajstić information content (AvgIpc) is 2.48. The maximum atomic E-state index is 10.1. The lowest BCUT2D eigenvalue weighted by Crippen LogP contribution is -2.43. The normalized spacial score (nSPS) is 21.8. The van der Waals surface area contributed by atoms with Crippen LogP contribution in [0.2, 0.25) is 0 Å². The van der Waals surface area contributed by atoms with Crippen LogP contribution >= 0.6 is 11.8 Å². The quantitative estimate of drug-likeness (QED) is 0.837. The van der Waals surface area contributed by atoms with Gasteiger partial charge in [-0.1, -0.05) is 37.3 Å². The molecule has 0 saturated carbocycles. The molecule has 1 aliphatic heterocycles. The van der Waals surface area contributed by atoms with E-state index in [2.05, 4.69) is 23.6 Å². The summed E-state index contributed by atoms with van der Waals surface area (Å²) >= 11 is 2.05. The standard InChI is InChI=1S/C16H25NO2S/c1-2-16-11-17(8-9-20-16)10-15(18)13-19-12-14-6-4-3-5-7-14/h3-7,15-16,18H,2,8-13H2,1H3. The Hall–Kier alpha value is -0.550. The highest BCUT2D eigenvalue weighted by Gasteiger charge is 2.20. The summed E-state index contributed by atoms with van der Waals surface area (Å²) in [5, 5.41) is 10.8. The van der Waals surface area contributed by atoms with Crippen molar-refractivity contribution in [1.82, 2.24) is 4.90 Å². The van der Waals surface area contributed by atoms with Gasteiger partial charge in [0.05, 0.1) is 19.3 Å². The van der Waals surface area contributed by atoms with Crippen molar-refractivity contribution in [1.29, 1.82) is 0 Å². The zero-order valence-electron chi connectivity index (χ0n) is 12.2. The molecule has 2 rings (SSSR count). The number of aliphatic hydroxyl groups is 1. The fourth-order valence-corrected chi connectivity index (χ4v) is 3.68. The number of thioether (sulfide) groups is 1. The van der Waals surface area contributed by atoms with Crippen molar-refractivity contribution in [2.24, 2.45) is 0 Å². The van der Waals surface area contributed by atoms with Crippen LogP contribution in [0.15, 0.2) is 30.3 Å². The summed E-state index contributed by atoms with van der Waals surface area (Å²) in [5.41, 5.74) is 1.15. The molecule has 1 aliphatic rings. The van der Waals surface area contributed by atoms with E-state index < -0.39 is 0 Å². The van der Waals surface area contributed by atoms with Crippen molar-refractivity contribution in [2.75, 3.05) is 32.0 Å². The molecule has 0 aliphatic carbocycles. The molecule has 20 heavy (non-hydrogen) atoms. The van der Waals surface area contributed by atoms with Crippen LogP contribution in [-0.4, -0.2) is 53.4 Å². The third-order valence-electron chi connectivity index (χ3n) is 3.57. The fourth-order valence-electron chi connectivity index (χ4n) is 2.43. The minimum Gasteiger partial charge on any atom is -0.389 e. The molecule has 1 saturated heterocycles. The maximum Gasteiger partial charge on any atom is 0.0900 e. The van der Waals surface area contributed by atoms with Gasteiger partial charge in [0.15, 0.2) is 0 Å². The van der Waals surface area contributed by atoms with Gasteiger partial charge in [0.2, 0.25) is 0 Å². The molecular formula is C16H25NO2S. The predicted molar refractivity (Wildman–Crippen MR) is 85.1 cm³/mol. The summed E-state index contributed by atoms with van der Waals surface area (Å²) in [4.78, 5) is 2.36. The third kappa shape index (κ3) is 5.44. The Morgan fingerprint density at radius 2 is 2.20 bits per heavy atom. The molecule has 1 aromatic carbocycles. The summed E-state index contributed by atoms with van der Waals surface area (Å²) in [6, 6.07) is 10.1. The number of nitrogens with zero attached hydrogens (tertiary/aromatic N) is 1. The zero-order valence-corrected chi connectivity index (χ0v) is 13.0. The second-order valence-electron chi connectivity index (χ2n) is 5.32. The minimum absolute atomic E-state index is 0.390. The maximum absolute atomic E-state index is 10.1. The largest absolute Gasteiger partial charge is 0.389 e. The van der Waals surface area contributed by atoms with Crippen molar-refractivity contribution in [2.45, 2.75) is 31.3 Å². The number of ether oxygens (including phenoxy) is 1. The first-order chi connectivity index (χ1) is 9.78. The molecule has 0 spiro atoms. The molecule has 0 aromatic heterocycles. The summed E-state index contributed by atoms with van der Waals surface area (Å²) in [5.74, 6) is 1.18. The van der Waals surface area contributed by atoms with Gasteiger partial charge in [-0.25, -0.2) is 0 Å². The van der Waals surface area contributed by atoms with Crippen molar-refractivity contribution in [3.05, 3.63) is 35.9 Å². The van der Waals surface area contributed by atoms with Crippen LogP contribution < -0.4 is 0 Å². The van der Waals surface area contributed by atoms with E-state index in [1.807, 2.05) is 30.3 Å². The van der Waals surface area contributed by atoms with Crippen LogP contribution in [0.3, 0.4) is 0 Å². The highest BCUT2D eigenvalue weighted by atomic mass is 32.2. The molecule has 0 amide bonds. The molecule has 0 radical (unpaired) electrons. The van der Waals surface area contributed by atoms with E-state index in [1.165, 1.54) is 12.2 Å². The van der Waals surface area contributed by atoms with Crippen LogP contribution in [0, 0.1) is 0 Å². The zero-order chi connectivity index (χ0) is 14.2. The summed E-state index contributed by atoms with van der Waals surface area (Å²) in [6.45, 7) is 6.13. The second-order valence-corrected chi connectivity index (χ2v) is 6.72. The lowest BCUT2D eigenvalue weighted by molar-refractivity contribution is 0.0104. The number of hydrogen-bond donors (Lipinski definition) is 1. The van der Waals surface area contributed by atoms with E-state index >= 15 is 0 Å². The van der Waals surface area contributed by atoms with Crippen LogP contribution in [0.4, 0.5) is 0 Å². The monoisotopic (exact) mass is 295 g/mol. The van der Waals surface area contributed by atoms with Crippen molar-refractivity contribution >= 4 is 11.8 Å². The first-order valence-electron chi connectivity index (χ1n) is 7.41. The first kappa shape index (κ1) is 15.8. The molecule has 1 heterocycles. The average molecular weight is 295 g/mol. The number of aliphatic hydroxyl groups excluding tert-OH is 1. The third-order valence-corrected chi connectivity index (χ3v) is 4.94. The number of β-amino-alcohol motifs (C(OH)–C–C–N with tert-alkyl or cyclic N) is 1. The Morgan fingerprint density at radius 1 is 1.40 bits per heavy atom. The molecule has 1 aromatic rings. The molecule has 4 heteroatoms. The lowest BCUT2D eigenvalue weighted by Gasteiger charge is -2.33. The Bertz CT molecular complexity index is 374. The van der Waals surface area contributed by atoms with Gasteiger partial charge < -0.3 is 9.84 Å². The van der Waals surface area contributed by atoms with Crippen molar-refractivity contribution in [3.8, 4) is 0 Å². The smallest absolute Gasteiger partial charge is 0.0900 e. The van der Waals surface area contributed by atoms with E-state index in [1.54, 1.807) is 0 Å². The molecule has 112 valence electrons. The molecular weight excluding hydrogens is 270 g/mol. The summed E-state index contributed by atoms with van der Waals surface area (Å²) < 4.78 is 5.59. The van der Waals surface area contributed by atoms with Crippen molar-refractivity contribution < 1.29 is 9.84 Å². The molecule has 2 unspecified atom stereocenters. The SMILES string of the molecule is CCC1CN(CC(O)COCc2ccccc2)CCS1. The van der Waals surface area contributed by atoms with E-state index in [9.17, 15) is 5.11 Å². The summed E-state index contributed by atoms with van der Waals surface area (Å²) in [6.07, 6.45) is 0.821. The van der Waals surface area contributed by atoms with Gasteiger partial charge in [0.25, 0.3) is 0 Å². The molecule has 0 bridgehead atoms. The Balaban J connectivity index is 1.63. The second kappa shape index (κ2) is 8.67. The highest BCUT2D eigenvalue weighted by Crippen LogP contribution is 2.21. The van der Waals surface area contributed by atoms with Crippen LogP contribution in [0.5, 0.6) is 0 Å². The molecule has 2 atom stereocenters. The number of hydrogen-bond acceptors (Lipinski definition) is 4. The van der Waals surface area contributed by atoms with Gasteiger partial charge in [-0.2, -0.15) is 11.8 Å². The Kier molecular flexibility index (Phi) is 6.87. The van der Waals surface area contributed by atoms with Gasteiger partial charge >= 0.3 is 0 Å². The van der Waals surface area contributed by atoms with E-state index in [4.69, 9.17) is 4.74 Å². The molecule has 3 nitrogen and oxygen atoms in total. The number of benzene rings is 1. The van der Waals surface area contributed by atoms with E-state index in [-0.39, 0.29) is 6.10 Å². The van der Waals surface area contributed by atoms with Crippen LogP contribution in [-0.2, 0) is 11.3 Å². The fraction of sp³-hybridized carbons (Fsp3) is 0.625. The highest BCUT2D eigenvalue weighted by molar-refractivity contribution is 8.00. The predicted octanol–water partition coefficient (Wildman–Crippen LogP) is 2.39. The van der Waals surface area contributed by atoms with Gasteiger partial charge in [0.1, 0.15) is 0 Å². The van der Waals surface area contributed by atoms with Gasteiger partial charge in [-0.15, -0.1) is 0 Å². The van der Waals surface area contributed by atoms with E-state index in [0.717, 1.165) is 30.4 Å². The van der Waals surface area contributed by atoms with Gasteiger partial charge in [-0.05, 0) is 12.0 Å². The topological polar surface area (TPSA) is 32.7 Å². The minimum atomic E-state index is -0.390. The van der Waals surface area contributed by atoms with Gasteiger partial charge in [0, 0.05) is 30.6 Å². The van der Waals surface area contributed by atoms with Crippen molar-refractivity contribution in [3.63, 3.8) is 0 Å².